The maximum Gasteiger partial charge on any atom is 0.261 e. The topological polar surface area (TPSA) is 45.2 Å². The lowest BCUT2D eigenvalue weighted by atomic mass is 10.2. The predicted molar refractivity (Wildman–Crippen MR) is 78.8 cm³/mol. The molecule has 0 aliphatic rings. The van der Waals surface area contributed by atoms with Gasteiger partial charge in [-0.1, -0.05) is 0 Å². The van der Waals surface area contributed by atoms with Gasteiger partial charge in [-0.2, -0.15) is 0 Å². The smallest absolute Gasteiger partial charge is 0.261 e. The maximum atomic E-state index is 12.0. The molecule has 2 aromatic heterocycles. The number of anilines is 1. The summed E-state index contributed by atoms with van der Waals surface area (Å²) in [5, 5.41) is 4.86. The molecule has 100 valence electrons. The SMILES string of the molecule is Cc1ccsc1C(=O)NCc1ccnc(N(C)C)c1. The molecular formula is C14H17N3OS. The van der Waals surface area contributed by atoms with E-state index in [0.29, 0.717) is 6.54 Å². The Morgan fingerprint density at radius 1 is 1.42 bits per heavy atom. The van der Waals surface area contributed by atoms with E-state index < -0.39 is 0 Å². The molecule has 0 aliphatic carbocycles. The molecule has 2 rings (SSSR count). The van der Waals surface area contributed by atoms with E-state index in [2.05, 4.69) is 10.3 Å². The second-order valence-corrected chi connectivity index (χ2v) is 5.45. The maximum absolute atomic E-state index is 12.0. The lowest BCUT2D eigenvalue weighted by Gasteiger charge is -2.12. The Balaban J connectivity index is 2.01. The fourth-order valence-corrected chi connectivity index (χ4v) is 2.52. The normalized spacial score (nSPS) is 10.3. The van der Waals surface area contributed by atoms with Crippen molar-refractivity contribution in [1.82, 2.24) is 10.3 Å². The summed E-state index contributed by atoms with van der Waals surface area (Å²) >= 11 is 1.47. The molecule has 0 aromatic carbocycles. The van der Waals surface area contributed by atoms with Gasteiger partial charge in [-0.25, -0.2) is 4.98 Å². The summed E-state index contributed by atoms with van der Waals surface area (Å²) in [4.78, 5) is 19.0. The molecule has 0 saturated carbocycles. The number of thiophene rings is 1. The summed E-state index contributed by atoms with van der Waals surface area (Å²) in [5.41, 5.74) is 2.06. The summed E-state index contributed by atoms with van der Waals surface area (Å²) in [6.07, 6.45) is 1.76. The highest BCUT2D eigenvalue weighted by Crippen LogP contribution is 2.15. The fourth-order valence-electron chi connectivity index (χ4n) is 1.68. The van der Waals surface area contributed by atoms with Gasteiger partial charge in [0.2, 0.25) is 0 Å². The molecule has 1 amide bonds. The molecule has 5 heteroatoms. The molecule has 0 atom stereocenters. The Kier molecular flexibility index (Phi) is 4.16. The van der Waals surface area contributed by atoms with Crippen molar-refractivity contribution < 1.29 is 4.79 Å². The first-order chi connectivity index (χ1) is 9.08. The van der Waals surface area contributed by atoms with Crippen molar-refractivity contribution in [3.05, 3.63) is 45.8 Å². The van der Waals surface area contributed by atoms with Gasteiger partial charge in [-0.15, -0.1) is 11.3 Å². The van der Waals surface area contributed by atoms with E-state index in [-0.39, 0.29) is 5.91 Å². The number of amides is 1. The van der Waals surface area contributed by atoms with Gasteiger partial charge in [0.1, 0.15) is 5.82 Å². The van der Waals surface area contributed by atoms with Crippen LogP contribution in [0.25, 0.3) is 0 Å². The van der Waals surface area contributed by atoms with Gasteiger partial charge in [0.05, 0.1) is 4.88 Å². The van der Waals surface area contributed by atoms with E-state index in [0.717, 1.165) is 21.8 Å². The van der Waals surface area contributed by atoms with Gasteiger partial charge >= 0.3 is 0 Å². The number of hydrogen-bond acceptors (Lipinski definition) is 4. The highest BCUT2D eigenvalue weighted by atomic mass is 32.1. The van der Waals surface area contributed by atoms with Crippen LogP contribution >= 0.6 is 11.3 Å². The second-order valence-electron chi connectivity index (χ2n) is 4.53. The van der Waals surface area contributed by atoms with E-state index in [4.69, 9.17) is 0 Å². The third-order valence-electron chi connectivity index (χ3n) is 2.79. The van der Waals surface area contributed by atoms with Crippen LogP contribution in [0.1, 0.15) is 20.8 Å². The van der Waals surface area contributed by atoms with E-state index >= 15 is 0 Å². The molecule has 1 N–H and O–H groups in total. The number of rotatable bonds is 4. The van der Waals surface area contributed by atoms with Crippen molar-refractivity contribution in [3.8, 4) is 0 Å². The summed E-state index contributed by atoms with van der Waals surface area (Å²) in [6.45, 7) is 2.46. The molecule has 0 bridgehead atoms. The van der Waals surface area contributed by atoms with Crippen LogP contribution in [0.4, 0.5) is 5.82 Å². The van der Waals surface area contributed by atoms with E-state index in [1.807, 2.05) is 49.5 Å². The summed E-state index contributed by atoms with van der Waals surface area (Å²) in [6, 6.07) is 5.84. The number of hydrogen-bond donors (Lipinski definition) is 1. The fraction of sp³-hybridized carbons (Fsp3) is 0.286. The average molecular weight is 275 g/mol. The van der Waals surface area contributed by atoms with Gasteiger partial charge in [-0.3, -0.25) is 4.79 Å². The third-order valence-corrected chi connectivity index (χ3v) is 3.80. The zero-order valence-electron chi connectivity index (χ0n) is 11.3. The number of nitrogens with one attached hydrogen (secondary N) is 1. The minimum Gasteiger partial charge on any atom is -0.363 e. The molecule has 0 spiro atoms. The Morgan fingerprint density at radius 3 is 2.84 bits per heavy atom. The van der Waals surface area contributed by atoms with Gasteiger partial charge in [-0.05, 0) is 41.6 Å². The molecule has 0 aliphatic heterocycles. The molecule has 2 heterocycles. The molecule has 0 unspecified atom stereocenters. The number of nitrogens with zero attached hydrogens (tertiary/aromatic N) is 2. The summed E-state index contributed by atoms with van der Waals surface area (Å²) in [5.74, 6) is 0.870. The highest BCUT2D eigenvalue weighted by molar-refractivity contribution is 7.12. The molecule has 4 nitrogen and oxygen atoms in total. The Labute approximate surface area is 117 Å². The van der Waals surface area contributed by atoms with Crippen molar-refractivity contribution in [2.45, 2.75) is 13.5 Å². The quantitative estimate of drug-likeness (QED) is 0.932. The van der Waals surface area contributed by atoms with Gasteiger partial charge < -0.3 is 10.2 Å². The van der Waals surface area contributed by atoms with Crippen LogP contribution in [0, 0.1) is 6.92 Å². The lowest BCUT2D eigenvalue weighted by molar-refractivity contribution is 0.0954. The summed E-state index contributed by atoms with van der Waals surface area (Å²) in [7, 11) is 3.89. The monoisotopic (exact) mass is 275 g/mol. The van der Waals surface area contributed by atoms with Gasteiger partial charge in [0.15, 0.2) is 0 Å². The number of aryl methyl sites for hydroxylation is 1. The largest absolute Gasteiger partial charge is 0.363 e. The zero-order valence-corrected chi connectivity index (χ0v) is 12.1. The van der Waals surface area contributed by atoms with Crippen molar-refractivity contribution >= 4 is 23.1 Å². The van der Waals surface area contributed by atoms with E-state index in [9.17, 15) is 4.79 Å². The van der Waals surface area contributed by atoms with E-state index in [1.165, 1.54) is 11.3 Å². The molecule has 2 aromatic rings. The minimum atomic E-state index is -0.0179. The van der Waals surface area contributed by atoms with Crippen LogP contribution in [0.3, 0.4) is 0 Å². The number of carbonyl (C=O) groups excluding carboxylic acids is 1. The second kappa shape index (κ2) is 5.84. The van der Waals surface area contributed by atoms with Gasteiger partial charge in [0.25, 0.3) is 5.91 Å². The molecule has 0 fully saturated rings. The first kappa shape index (κ1) is 13.5. The average Bonchev–Trinajstić information content (AvgIpc) is 2.82. The number of aromatic nitrogens is 1. The first-order valence-electron chi connectivity index (χ1n) is 6.02. The van der Waals surface area contributed by atoms with Gasteiger partial charge in [0, 0.05) is 26.8 Å². The van der Waals surface area contributed by atoms with Crippen LogP contribution in [0.15, 0.2) is 29.8 Å². The Morgan fingerprint density at radius 2 is 2.21 bits per heavy atom. The molecule has 19 heavy (non-hydrogen) atoms. The zero-order chi connectivity index (χ0) is 13.8. The lowest BCUT2D eigenvalue weighted by Crippen LogP contribution is -2.22. The third kappa shape index (κ3) is 3.32. The van der Waals surface area contributed by atoms with Crippen molar-refractivity contribution in [3.63, 3.8) is 0 Å². The van der Waals surface area contributed by atoms with Crippen LogP contribution < -0.4 is 10.2 Å². The number of pyridine rings is 1. The van der Waals surface area contributed by atoms with Crippen molar-refractivity contribution in [2.75, 3.05) is 19.0 Å². The standard InChI is InChI=1S/C14H17N3OS/c1-10-5-7-19-13(10)14(18)16-9-11-4-6-15-12(8-11)17(2)3/h4-8H,9H2,1-3H3,(H,16,18). The summed E-state index contributed by atoms with van der Waals surface area (Å²) < 4.78 is 0. The van der Waals surface area contributed by atoms with Crippen LogP contribution in [0.5, 0.6) is 0 Å². The van der Waals surface area contributed by atoms with Crippen LogP contribution in [0.2, 0.25) is 0 Å². The Bertz CT molecular complexity index is 578. The van der Waals surface area contributed by atoms with Crippen LogP contribution in [-0.2, 0) is 6.54 Å². The molecular weight excluding hydrogens is 258 g/mol. The predicted octanol–water partition coefficient (Wildman–Crippen LogP) is 2.45. The van der Waals surface area contributed by atoms with Crippen molar-refractivity contribution in [2.24, 2.45) is 0 Å². The molecule has 0 saturated heterocycles. The minimum absolute atomic E-state index is 0.0179. The van der Waals surface area contributed by atoms with E-state index in [1.54, 1.807) is 6.20 Å². The Hall–Kier alpha value is -1.88. The molecule has 0 radical (unpaired) electrons. The first-order valence-corrected chi connectivity index (χ1v) is 6.90. The van der Waals surface area contributed by atoms with Crippen LogP contribution in [-0.4, -0.2) is 25.0 Å². The number of carbonyl (C=O) groups is 1. The van der Waals surface area contributed by atoms with Crippen molar-refractivity contribution in [1.29, 1.82) is 0 Å². The highest BCUT2D eigenvalue weighted by Gasteiger charge is 2.10.